The Bertz CT molecular complexity index is 1680. The van der Waals surface area contributed by atoms with E-state index in [1.54, 1.807) is 18.6 Å². The lowest BCUT2D eigenvalue weighted by molar-refractivity contribution is 0.331. The van der Waals surface area contributed by atoms with Gasteiger partial charge in [-0.1, -0.05) is 0 Å². The largest absolute Gasteiger partial charge is 0.336 e. The highest BCUT2D eigenvalue weighted by Crippen LogP contribution is 2.30. The molecule has 9 heteroatoms. The molecule has 0 aromatic carbocycles. The number of likely N-dealkylation sites (tertiary alicyclic amines) is 1. The molecule has 0 radical (unpaired) electrons. The lowest BCUT2D eigenvalue weighted by Gasteiger charge is -2.14. The molecule has 0 spiro atoms. The Morgan fingerprint density at radius 3 is 2.58 bits per heavy atom. The molecule has 1 saturated heterocycles. The third-order valence-electron chi connectivity index (χ3n) is 6.66. The zero-order valence-corrected chi connectivity index (χ0v) is 19.5. The van der Waals surface area contributed by atoms with Crippen LogP contribution in [-0.2, 0) is 6.54 Å². The van der Waals surface area contributed by atoms with Crippen molar-refractivity contribution in [1.29, 1.82) is 0 Å². The van der Waals surface area contributed by atoms with Crippen molar-refractivity contribution in [3.63, 3.8) is 0 Å². The molecule has 0 amide bonds. The van der Waals surface area contributed by atoms with E-state index in [-0.39, 0.29) is 0 Å². The molecule has 0 unspecified atom stereocenters. The fraction of sp³-hybridized carbons (Fsp3) is 0.185. The summed E-state index contributed by atoms with van der Waals surface area (Å²) < 4.78 is 0. The Labute approximate surface area is 206 Å². The van der Waals surface area contributed by atoms with E-state index in [2.05, 4.69) is 41.1 Å². The first-order valence-corrected chi connectivity index (χ1v) is 12.1. The van der Waals surface area contributed by atoms with Gasteiger partial charge >= 0.3 is 0 Å². The van der Waals surface area contributed by atoms with Crippen LogP contribution in [0.2, 0.25) is 0 Å². The molecule has 0 aliphatic carbocycles. The summed E-state index contributed by atoms with van der Waals surface area (Å²) in [5, 5.41) is 7.64. The predicted molar refractivity (Wildman–Crippen MR) is 138 cm³/mol. The van der Waals surface area contributed by atoms with E-state index in [0.717, 1.165) is 64.2 Å². The smallest absolute Gasteiger partial charge is 0.161 e. The van der Waals surface area contributed by atoms with E-state index >= 15 is 0 Å². The summed E-state index contributed by atoms with van der Waals surface area (Å²) >= 11 is 0. The fourth-order valence-corrected chi connectivity index (χ4v) is 4.90. The van der Waals surface area contributed by atoms with Crippen LogP contribution in [-0.4, -0.2) is 58.1 Å². The van der Waals surface area contributed by atoms with Crippen molar-refractivity contribution in [1.82, 2.24) is 45.0 Å². The van der Waals surface area contributed by atoms with E-state index in [0.29, 0.717) is 11.5 Å². The van der Waals surface area contributed by atoms with Gasteiger partial charge in [-0.3, -0.25) is 25.0 Å². The van der Waals surface area contributed by atoms with Gasteiger partial charge in [-0.25, -0.2) is 9.97 Å². The second-order valence-corrected chi connectivity index (χ2v) is 9.11. The third-order valence-corrected chi connectivity index (χ3v) is 6.66. The van der Waals surface area contributed by atoms with Gasteiger partial charge in [0.1, 0.15) is 11.0 Å². The molecule has 0 saturated carbocycles. The molecule has 7 heterocycles. The number of fused-ring (bicyclic) bond motifs is 2. The molecule has 36 heavy (non-hydrogen) atoms. The van der Waals surface area contributed by atoms with Gasteiger partial charge in [0.15, 0.2) is 11.5 Å². The maximum Gasteiger partial charge on any atom is 0.161 e. The van der Waals surface area contributed by atoms with Crippen LogP contribution in [0.25, 0.3) is 56.1 Å². The number of nitrogens with zero attached hydrogens (tertiary/aromatic N) is 7. The van der Waals surface area contributed by atoms with Crippen molar-refractivity contribution >= 4 is 22.1 Å². The quantitative estimate of drug-likeness (QED) is 0.376. The molecule has 9 nitrogen and oxygen atoms in total. The van der Waals surface area contributed by atoms with Crippen LogP contribution in [0.1, 0.15) is 18.4 Å². The first-order chi connectivity index (χ1) is 17.8. The summed E-state index contributed by atoms with van der Waals surface area (Å²) in [5.74, 6) is 0.639. The summed E-state index contributed by atoms with van der Waals surface area (Å²) in [5.41, 5.74) is 8.66. The maximum atomic E-state index is 4.97. The van der Waals surface area contributed by atoms with Gasteiger partial charge in [0.25, 0.3) is 0 Å². The van der Waals surface area contributed by atoms with Crippen molar-refractivity contribution in [3.8, 4) is 34.0 Å². The molecule has 1 aliphatic heterocycles. The topological polar surface area (TPSA) is 112 Å². The average Bonchev–Trinajstić information content (AvgIpc) is 3.68. The normalized spacial score (nSPS) is 14.2. The number of H-pyrrole nitrogens is 2. The standard InChI is InChI=1S/C27H23N9/c1-2-11-36(10-1)16-17-12-19(15-29-13-17)20-5-6-22-25(31-20)26(35-34-22)27-32-21-7-9-30-23(24(21)33-27)18-4-3-8-28-14-18/h3-9,12-15H,1-2,10-11,16H2,(H,32,33)(H,34,35). The number of pyridine rings is 4. The van der Waals surface area contributed by atoms with E-state index < -0.39 is 0 Å². The summed E-state index contributed by atoms with van der Waals surface area (Å²) in [6, 6.07) is 12.0. The van der Waals surface area contributed by atoms with Crippen LogP contribution < -0.4 is 0 Å². The zero-order valence-electron chi connectivity index (χ0n) is 19.5. The van der Waals surface area contributed by atoms with E-state index in [9.17, 15) is 0 Å². The Morgan fingerprint density at radius 2 is 1.69 bits per heavy atom. The highest BCUT2D eigenvalue weighted by Gasteiger charge is 2.18. The maximum absolute atomic E-state index is 4.97. The van der Waals surface area contributed by atoms with Crippen LogP contribution in [0.4, 0.5) is 0 Å². The van der Waals surface area contributed by atoms with Gasteiger partial charge in [0.05, 0.1) is 22.4 Å². The monoisotopic (exact) mass is 473 g/mol. The van der Waals surface area contributed by atoms with Gasteiger partial charge < -0.3 is 4.98 Å². The van der Waals surface area contributed by atoms with Gasteiger partial charge in [0.2, 0.25) is 0 Å². The Hall–Kier alpha value is -4.50. The molecule has 2 N–H and O–H groups in total. The number of hydrogen-bond acceptors (Lipinski definition) is 7. The van der Waals surface area contributed by atoms with E-state index in [1.165, 1.54) is 18.4 Å². The molecule has 7 rings (SSSR count). The van der Waals surface area contributed by atoms with Crippen molar-refractivity contribution in [2.45, 2.75) is 19.4 Å². The zero-order chi connectivity index (χ0) is 23.9. The van der Waals surface area contributed by atoms with Crippen LogP contribution in [0.5, 0.6) is 0 Å². The molecule has 6 aromatic heterocycles. The third kappa shape index (κ3) is 3.70. The van der Waals surface area contributed by atoms with Crippen molar-refractivity contribution in [3.05, 3.63) is 72.9 Å². The number of imidazole rings is 1. The van der Waals surface area contributed by atoms with Crippen LogP contribution >= 0.6 is 0 Å². The van der Waals surface area contributed by atoms with Gasteiger partial charge in [-0.05, 0) is 67.9 Å². The minimum absolute atomic E-state index is 0.639. The lowest BCUT2D eigenvalue weighted by Crippen LogP contribution is -2.18. The first kappa shape index (κ1) is 20.8. The van der Waals surface area contributed by atoms with Gasteiger partial charge in [-0.15, -0.1) is 0 Å². The molecular weight excluding hydrogens is 450 g/mol. The predicted octanol–water partition coefficient (Wildman–Crippen LogP) is 4.62. The highest BCUT2D eigenvalue weighted by molar-refractivity contribution is 5.94. The number of aromatic amines is 2. The Morgan fingerprint density at radius 1 is 0.806 bits per heavy atom. The molecule has 1 aliphatic rings. The molecule has 6 aromatic rings. The van der Waals surface area contributed by atoms with Crippen LogP contribution in [0, 0.1) is 0 Å². The summed E-state index contributed by atoms with van der Waals surface area (Å²) in [7, 11) is 0. The first-order valence-electron chi connectivity index (χ1n) is 12.1. The number of hydrogen-bond donors (Lipinski definition) is 2. The Balaban J connectivity index is 1.28. The lowest BCUT2D eigenvalue weighted by atomic mass is 10.1. The van der Waals surface area contributed by atoms with E-state index in [4.69, 9.17) is 9.97 Å². The van der Waals surface area contributed by atoms with Crippen molar-refractivity contribution in [2.75, 3.05) is 13.1 Å². The van der Waals surface area contributed by atoms with Gasteiger partial charge in [-0.2, -0.15) is 5.10 Å². The van der Waals surface area contributed by atoms with Crippen LogP contribution in [0.15, 0.2) is 67.4 Å². The van der Waals surface area contributed by atoms with Crippen molar-refractivity contribution < 1.29 is 0 Å². The molecular formula is C27H23N9. The molecule has 176 valence electrons. The summed E-state index contributed by atoms with van der Waals surface area (Å²) in [4.78, 5) is 29.0. The second kappa shape index (κ2) is 8.62. The number of aromatic nitrogens is 8. The summed E-state index contributed by atoms with van der Waals surface area (Å²) in [6.45, 7) is 3.23. The minimum Gasteiger partial charge on any atom is -0.336 e. The van der Waals surface area contributed by atoms with Crippen molar-refractivity contribution in [2.24, 2.45) is 0 Å². The Kier molecular flexibility index (Phi) is 4.99. The number of rotatable bonds is 5. The van der Waals surface area contributed by atoms with Crippen LogP contribution in [0.3, 0.4) is 0 Å². The molecule has 1 fully saturated rings. The summed E-state index contributed by atoms with van der Waals surface area (Å²) in [6.07, 6.45) is 11.7. The van der Waals surface area contributed by atoms with Gasteiger partial charge in [0, 0.05) is 48.7 Å². The average molecular weight is 474 g/mol. The minimum atomic E-state index is 0.639. The number of nitrogens with one attached hydrogen (secondary N) is 2. The molecule has 0 bridgehead atoms. The molecule has 0 atom stereocenters. The fourth-order valence-electron chi connectivity index (χ4n) is 4.90. The second-order valence-electron chi connectivity index (χ2n) is 9.11. The highest BCUT2D eigenvalue weighted by atomic mass is 15.2. The van der Waals surface area contributed by atoms with E-state index in [1.807, 2.05) is 42.7 Å². The SMILES string of the molecule is c1cncc(-c2nccc3[nH]c(-c4n[nH]c5ccc(-c6cncc(CN7CCCC7)c6)nc45)nc23)c1.